The molecule has 1 fully saturated rings. The molecule has 2 amide bonds. The van der Waals surface area contributed by atoms with Crippen molar-refractivity contribution < 1.29 is 4.79 Å². The van der Waals surface area contributed by atoms with Crippen molar-refractivity contribution in [1.82, 2.24) is 15.2 Å². The normalized spacial score (nSPS) is 15.4. The van der Waals surface area contributed by atoms with Gasteiger partial charge in [0.15, 0.2) is 0 Å². The molecule has 2 aromatic carbocycles. The standard InChI is InChI=1S/C25H28N4O/c1-20(21-8-10-22(11-9-21)23-12-14-26-15-13-23)27-25(30)29-17-5-16-28(18-19-29)24-6-3-2-4-7-24/h2-4,6-15,20H,5,16-19H2,1H3,(H,27,30). The molecular weight excluding hydrogens is 372 g/mol. The summed E-state index contributed by atoms with van der Waals surface area (Å²) in [5.74, 6) is 0. The summed E-state index contributed by atoms with van der Waals surface area (Å²) < 4.78 is 0. The molecule has 1 saturated heterocycles. The van der Waals surface area contributed by atoms with Crippen molar-refractivity contribution in [2.45, 2.75) is 19.4 Å². The summed E-state index contributed by atoms with van der Waals surface area (Å²) in [6.07, 6.45) is 4.57. The Morgan fingerprint density at radius 3 is 2.30 bits per heavy atom. The maximum absolute atomic E-state index is 12.9. The van der Waals surface area contributed by atoms with Gasteiger partial charge in [-0.25, -0.2) is 4.79 Å². The largest absolute Gasteiger partial charge is 0.370 e. The van der Waals surface area contributed by atoms with Crippen molar-refractivity contribution >= 4 is 11.7 Å². The minimum atomic E-state index is -0.0440. The molecule has 0 bridgehead atoms. The van der Waals surface area contributed by atoms with Gasteiger partial charge in [-0.3, -0.25) is 4.98 Å². The molecule has 0 saturated carbocycles. The SMILES string of the molecule is CC(NC(=O)N1CCCN(c2ccccc2)CC1)c1ccc(-c2ccncc2)cc1. The number of anilines is 1. The molecule has 154 valence electrons. The van der Waals surface area contributed by atoms with E-state index in [-0.39, 0.29) is 12.1 Å². The van der Waals surface area contributed by atoms with Gasteiger partial charge < -0.3 is 15.1 Å². The van der Waals surface area contributed by atoms with Crippen LogP contribution in [0.3, 0.4) is 0 Å². The minimum absolute atomic E-state index is 0.00984. The number of nitrogens with zero attached hydrogens (tertiary/aromatic N) is 3. The molecular formula is C25H28N4O. The highest BCUT2D eigenvalue weighted by Crippen LogP contribution is 2.22. The number of carbonyl (C=O) groups is 1. The van der Waals surface area contributed by atoms with Crippen molar-refractivity contribution in [3.8, 4) is 11.1 Å². The van der Waals surface area contributed by atoms with E-state index in [1.54, 1.807) is 12.4 Å². The molecule has 1 atom stereocenters. The highest BCUT2D eigenvalue weighted by atomic mass is 16.2. The van der Waals surface area contributed by atoms with Crippen molar-refractivity contribution in [2.75, 3.05) is 31.1 Å². The fraction of sp³-hybridized carbons (Fsp3) is 0.280. The Kier molecular flexibility index (Phi) is 6.28. The number of hydrogen-bond donors (Lipinski definition) is 1. The van der Waals surface area contributed by atoms with Crippen LogP contribution in [0.4, 0.5) is 10.5 Å². The number of para-hydroxylation sites is 1. The molecule has 5 nitrogen and oxygen atoms in total. The second-order valence-corrected chi connectivity index (χ2v) is 7.69. The second kappa shape index (κ2) is 9.44. The lowest BCUT2D eigenvalue weighted by Crippen LogP contribution is -2.43. The summed E-state index contributed by atoms with van der Waals surface area (Å²) >= 11 is 0. The van der Waals surface area contributed by atoms with E-state index in [9.17, 15) is 4.79 Å². The first kappa shape index (κ1) is 20.0. The number of benzene rings is 2. The van der Waals surface area contributed by atoms with Gasteiger partial charge in [-0.1, -0.05) is 42.5 Å². The zero-order valence-electron chi connectivity index (χ0n) is 17.4. The number of amides is 2. The predicted octanol–water partition coefficient (Wildman–Crippen LogP) is 4.73. The molecule has 0 radical (unpaired) electrons. The maximum Gasteiger partial charge on any atom is 0.317 e. The Balaban J connectivity index is 1.34. The van der Waals surface area contributed by atoms with Gasteiger partial charge in [0, 0.05) is 44.3 Å². The quantitative estimate of drug-likeness (QED) is 0.689. The molecule has 1 N–H and O–H groups in total. The molecule has 5 heteroatoms. The molecule has 1 aliphatic rings. The van der Waals surface area contributed by atoms with E-state index in [0.717, 1.165) is 49.3 Å². The lowest BCUT2D eigenvalue weighted by atomic mass is 10.0. The van der Waals surface area contributed by atoms with Gasteiger partial charge in [-0.15, -0.1) is 0 Å². The third kappa shape index (κ3) is 4.79. The van der Waals surface area contributed by atoms with Crippen molar-refractivity contribution in [1.29, 1.82) is 0 Å². The third-order valence-corrected chi connectivity index (χ3v) is 5.67. The van der Waals surface area contributed by atoms with E-state index in [2.05, 4.69) is 63.7 Å². The van der Waals surface area contributed by atoms with Crippen LogP contribution in [-0.2, 0) is 0 Å². The zero-order valence-corrected chi connectivity index (χ0v) is 17.4. The maximum atomic E-state index is 12.9. The van der Waals surface area contributed by atoms with Gasteiger partial charge in [0.1, 0.15) is 0 Å². The van der Waals surface area contributed by atoms with Gasteiger partial charge in [-0.2, -0.15) is 0 Å². The Morgan fingerprint density at radius 1 is 0.867 bits per heavy atom. The number of pyridine rings is 1. The number of urea groups is 1. The summed E-state index contributed by atoms with van der Waals surface area (Å²) in [5.41, 5.74) is 4.61. The third-order valence-electron chi connectivity index (χ3n) is 5.67. The van der Waals surface area contributed by atoms with E-state index in [1.807, 2.05) is 30.0 Å². The molecule has 4 rings (SSSR count). The molecule has 0 spiro atoms. The number of carbonyl (C=O) groups excluding carboxylic acids is 1. The topological polar surface area (TPSA) is 48.5 Å². The monoisotopic (exact) mass is 400 g/mol. The number of rotatable bonds is 4. The van der Waals surface area contributed by atoms with E-state index in [4.69, 9.17) is 0 Å². The van der Waals surface area contributed by atoms with Gasteiger partial charge in [0.25, 0.3) is 0 Å². The van der Waals surface area contributed by atoms with Crippen LogP contribution in [0, 0.1) is 0 Å². The Hall–Kier alpha value is -3.34. The number of hydrogen-bond acceptors (Lipinski definition) is 3. The van der Waals surface area contributed by atoms with Crippen LogP contribution in [0.5, 0.6) is 0 Å². The van der Waals surface area contributed by atoms with Crippen LogP contribution in [-0.4, -0.2) is 42.1 Å². The first-order chi connectivity index (χ1) is 14.7. The van der Waals surface area contributed by atoms with Crippen LogP contribution in [0.2, 0.25) is 0 Å². The van der Waals surface area contributed by atoms with Gasteiger partial charge in [0.2, 0.25) is 0 Å². The lowest BCUT2D eigenvalue weighted by molar-refractivity contribution is 0.198. The number of nitrogens with one attached hydrogen (secondary N) is 1. The molecule has 30 heavy (non-hydrogen) atoms. The van der Waals surface area contributed by atoms with Gasteiger partial charge >= 0.3 is 6.03 Å². The Morgan fingerprint density at radius 2 is 1.57 bits per heavy atom. The zero-order chi connectivity index (χ0) is 20.8. The van der Waals surface area contributed by atoms with E-state index in [1.165, 1.54) is 5.69 Å². The van der Waals surface area contributed by atoms with E-state index in [0.29, 0.717) is 0 Å². The van der Waals surface area contributed by atoms with Crippen LogP contribution in [0.25, 0.3) is 11.1 Å². The smallest absolute Gasteiger partial charge is 0.317 e. The van der Waals surface area contributed by atoms with Crippen molar-refractivity contribution in [3.05, 3.63) is 84.7 Å². The van der Waals surface area contributed by atoms with Crippen LogP contribution < -0.4 is 10.2 Å². The Labute approximate surface area is 178 Å². The predicted molar refractivity (Wildman–Crippen MR) is 121 cm³/mol. The lowest BCUT2D eigenvalue weighted by Gasteiger charge is -2.25. The summed E-state index contributed by atoms with van der Waals surface area (Å²) in [5, 5.41) is 3.17. The van der Waals surface area contributed by atoms with Crippen LogP contribution in [0.15, 0.2) is 79.1 Å². The van der Waals surface area contributed by atoms with Crippen molar-refractivity contribution in [2.24, 2.45) is 0 Å². The van der Waals surface area contributed by atoms with E-state index < -0.39 is 0 Å². The highest BCUT2D eigenvalue weighted by Gasteiger charge is 2.20. The van der Waals surface area contributed by atoms with Gasteiger partial charge in [-0.05, 0) is 54.3 Å². The minimum Gasteiger partial charge on any atom is -0.370 e. The van der Waals surface area contributed by atoms with Gasteiger partial charge in [0.05, 0.1) is 6.04 Å². The second-order valence-electron chi connectivity index (χ2n) is 7.69. The van der Waals surface area contributed by atoms with E-state index >= 15 is 0 Å². The average Bonchev–Trinajstić information content (AvgIpc) is 3.07. The summed E-state index contributed by atoms with van der Waals surface area (Å²) in [4.78, 5) is 21.2. The molecule has 3 aromatic rings. The highest BCUT2D eigenvalue weighted by molar-refractivity contribution is 5.75. The molecule has 1 aliphatic heterocycles. The fourth-order valence-corrected chi connectivity index (χ4v) is 3.89. The van der Waals surface area contributed by atoms with Crippen LogP contribution >= 0.6 is 0 Å². The molecule has 2 heterocycles. The van der Waals surface area contributed by atoms with Crippen LogP contribution in [0.1, 0.15) is 24.9 Å². The molecule has 1 unspecified atom stereocenters. The summed E-state index contributed by atoms with van der Waals surface area (Å²) in [6.45, 7) is 5.37. The summed E-state index contributed by atoms with van der Waals surface area (Å²) in [7, 11) is 0. The average molecular weight is 401 g/mol. The summed E-state index contributed by atoms with van der Waals surface area (Å²) in [6, 6.07) is 22.7. The molecule has 0 aliphatic carbocycles. The Bertz CT molecular complexity index is 944. The first-order valence-corrected chi connectivity index (χ1v) is 10.6. The van der Waals surface area contributed by atoms with Crippen molar-refractivity contribution in [3.63, 3.8) is 0 Å². The fourth-order valence-electron chi connectivity index (χ4n) is 3.89. The number of aromatic nitrogens is 1. The molecule has 1 aromatic heterocycles. The first-order valence-electron chi connectivity index (χ1n) is 10.6.